The number of Topliss-reactive ketones (excluding diaryl/α,β-unsaturated/α-hetero) is 2. The Bertz CT molecular complexity index is 557. The first-order valence-corrected chi connectivity index (χ1v) is 7.95. The van der Waals surface area contributed by atoms with E-state index in [0.717, 1.165) is 0 Å². The van der Waals surface area contributed by atoms with Crippen LogP contribution in [0.25, 0.3) is 0 Å². The number of ketones is 2. The normalized spacial score (nSPS) is 11.1. The third kappa shape index (κ3) is 2.91. The van der Waals surface area contributed by atoms with Gasteiger partial charge in [-0.3, -0.25) is 9.59 Å². The Hall–Kier alpha value is -1.26. The van der Waals surface area contributed by atoms with Crippen molar-refractivity contribution in [1.29, 1.82) is 0 Å². The lowest BCUT2D eigenvalue weighted by Gasteiger charge is -2.22. The van der Waals surface area contributed by atoms with Gasteiger partial charge in [-0.1, -0.05) is 92.5 Å². The number of benzene rings is 2. The number of carbonyl (C=O) groups is 2. The van der Waals surface area contributed by atoms with Crippen LogP contribution in [0.4, 0.5) is 0 Å². The Balaban J connectivity index is 2.39. The van der Waals surface area contributed by atoms with E-state index < -0.39 is 4.32 Å². The summed E-state index contributed by atoms with van der Waals surface area (Å²) in [7, 11) is 0. The maximum absolute atomic E-state index is 12.6. The van der Waals surface area contributed by atoms with Crippen molar-refractivity contribution in [2.75, 3.05) is 5.33 Å². The van der Waals surface area contributed by atoms with Crippen LogP contribution >= 0.6 is 31.9 Å². The van der Waals surface area contributed by atoms with E-state index >= 15 is 0 Å². The highest BCUT2D eigenvalue weighted by Gasteiger charge is 2.43. The van der Waals surface area contributed by atoms with Gasteiger partial charge >= 0.3 is 0 Å². The predicted molar refractivity (Wildman–Crippen MR) is 87.0 cm³/mol. The fraction of sp³-hybridized carbons (Fsp3) is 0.125. The molecule has 0 unspecified atom stereocenters. The zero-order valence-corrected chi connectivity index (χ0v) is 13.7. The van der Waals surface area contributed by atoms with E-state index in [2.05, 4.69) is 31.9 Å². The van der Waals surface area contributed by atoms with E-state index in [0.29, 0.717) is 11.1 Å². The summed E-state index contributed by atoms with van der Waals surface area (Å²) in [6.07, 6.45) is 0. The monoisotopic (exact) mass is 394 g/mol. The van der Waals surface area contributed by atoms with Crippen molar-refractivity contribution in [3.05, 3.63) is 71.8 Å². The Morgan fingerprint density at radius 2 is 1.15 bits per heavy atom. The molecule has 0 N–H and O–H groups in total. The van der Waals surface area contributed by atoms with E-state index in [9.17, 15) is 9.59 Å². The van der Waals surface area contributed by atoms with Gasteiger partial charge < -0.3 is 0 Å². The van der Waals surface area contributed by atoms with Crippen LogP contribution in [0.5, 0.6) is 0 Å². The van der Waals surface area contributed by atoms with Crippen molar-refractivity contribution in [3.8, 4) is 0 Å². The van der Waals surface area contributed by atoms with Crippen LogP contribution in [0.2, 0.25) is 0 Å². The summed E-state index contributed by atoms with van der Waals surface area (Å²) < 4.78 is -1.28. The van der Waals surface area contributed by atoms with Crippen molar-refractivity contribution in [1.82, 2.24) is 0 Å². The molecule has 0 radical (unpaired) electrons. The molecule has 102 valence electrons. The molecule has 2 rings (SSSR count). The zero-order chi connectivity index (χ0) is 14.6. The topological polar surface area (TPSA) is 34.1 Å². The summed E-state index contributed by atoms with van der Waals surface area (Å²) in [5.74, 6) is -0.493. The summed E-state index contributed by atoms with van der Waals surface area (Å²) in [5, 5.41) is 0.210. The number of hydrogen-bond acceptors (Lipinski definition) is 2. The first-order valence-electron chi connectivity index (χ1n) is 6.04. The summed E-state index contributed by atoms with van der Waals surface area (Å²) >= 11 is 6.62. The molecular formula is C16H12Br2O2. The average molecular weight is 396 g/mol. The van der Waals surface area contributed by atoms with Crippen LogP contribution in [-0.2, 0) is 0 Å². The molecule has 2 aromatic rings. The minimum atomic E-state index is -1.28. The summed E-state index contributed by atoms with van der Waals surface area (Å²) in [5.41, 5.74) is 1.02. The van der Waals surface area contributed by atoms with E-state index in [1.807, 2.05) is 12.1 Å². The lowest BCUT2D eigenvalue weighted by atomic mass is 9.91. The largest absolute Gasteiger partial charge is 0.292 e. The second kappa shape index (κ2) is 6.46. The second-order valence-corrected chi connectivity index (χ2v) is 6.24. The molecule has 0 saturated heterocycles. The molecule has 0 heterocycles. The third-order valence-corrected chi connectivity index (χ3v) is 5.57. The van der Waals surface area contributed by atoms with E-state index in [1.165, 1.54) is 0 Å². The highest BCUT2D eigenvalue weighted by molar-refractivity contribution is 9.12. The number of alkyl halides is 2. The number of hydrogen-bond donors (Lipinski definition) is 0. The zero-order valence-electron chi connectivity index (χ0n) is 10.6. The van der Waals surface area contributed by atoms with Crippen LogP contribution in [0.15, 0.2) is 60.7 Å². The van der Waals surface area contributed by atoms with Crippen LogP contribution in [0, 0.1) is 0 Å². The molecule has 0 atom stereocenters. The van der Waals surface area contributed by atoms with Crippen LogP contribution in [0.3, 0.4) is 0 Å². The minimum Gasteiger partial charge on any atom is -0.292 e. The molecule has 0 fully saturated rings. The SMILES string of the molecule is O=C(c1ccccc1)C(Br)(CBr)C(=O)c1ccccc1. The van der Waals surface area contributed by atoms with E-state index in [4.69, 9.17) is 0 Å². The van der Waals surface area contributed by atoms with Crippen molar-refractivity contribution in [3.63, 3.8) is 0 Å². The molecule has 20 heavy (non-hydrogen) atoms. The van der Waals surface area contributed by atoms with Gasteiger partial charge in [0, 0.05) is 16.5 Å². The molecule has 0 saturated carbocycles. The molecule has 0 aliphatic rings. The lowest BCUT2D eigenvalue weighted by molar-refractivity contribution is 0.0856. The first kappa shape index (κ1) is 15.1. The Morgan fingerprint density at radius 3 is 1.45 bits per heavy atom. The van der Waals surface area contributed by atoms with E-state index in [1.54, 1.807) is 48.5 Å². The quantitative estimate of drug-likeness (QED) is 0.430. The molecule has 0 aliphatic carbocycles. The van der Waals surface area contributed by atoms with Gasteiger partial charge in [-0.25, -0.2) is 0 Å². The van der Waals surface area contributed by atoms with Crippen molar-refractivity contribution >= 4 is 43.4 Å². The predicted octanol–water partition coefficient (Wildman–Crippen LogP) is 4.28. The van der Waals surface area contributed by atoms with Gasteiger partial charge in [-0.05, 0) is 0 Å². The molecule has 0 aliphatic heterocycles. The summed E-state index contributed by atoms with van der Waals surface area (Å²) in [6, 6.07) is 17.6. The van der Waals surface area contributed by atoms with Crippen LogP contribution in [-0.4, -0.2) is 21.2 Å². The molecule has 0 aromatic heterocycles. The van der Waals surface area contributed by atoms with E-state index in [-0.39, 0.29) is 16.9 Å². The number of halogens is 2. The summed E-state index contributed by atoms with van der Waals surface area (Å²) in [4.78, 5) is 25.2. The van der Waals surface area contributed by atoms with Gasteiger partial charge in [0.05, 0.1) is 0 Å². The molecule has 0 amide bonds. The van der Waals surface area contributed by atoms with Crippen molar-refractivity contribution < 1.29 is 9.59 Å². The second-order valence-electron chi connectivity index (χ2n) is 4.33. The van der Waals surface area contributed by atoms with Gasteiger partial charge in [0.15, 0.2) is 15.9 Å². The lowest BCUT2D eigenvalue weighted by Crippen LogP contribution is -2.42. The standard InChI is InChI=1S/C16H12Br2O2/c17-11-16(18,14(19)12-7-3-1-4-8-12)15(20)13-9-5-2-6-10-13/h1-10H,11H2. The smallest absolute Gasteiger partial charge is 0.188 e. The molecule has 2 nitrogen and oxygen atoms in total. The van der Waals surface area contributed by atoms with Gasteiger partial charge in [-0.2, -0.15) is 0 Å². The van der Waals surface area contributed by atoms with Crippen LogP contribution in [0.1, 0.15) is 20.7 Å². The molecule has 2 aromatic carbocycles. The summed E-state index contributed by atoms with van der Waals surface area (Å²) in [6.45, 7) is 0. The molecule has 0 spiro atoms. The van der Waals surface area contributed by atoms with Gasteiger partial charge in [0.25, 0.3) is 0 Å². The van der Waals surface area contributed by atoms with Crippen molar-refractivity contribution in [2.45, 2.75) is 4.32 Å². The molecule has 0 bridgehead atoms. The fourth-order valence-electron chi connectivity index (χ4n) is 1.86. The number of rotatable bonds is 5. The van der Waals surface area contributed by atoms with Gasteiger partial charge in [0.2, 0.25) is 0 Å². The highest BCUT2D eigenvalue weighted by atomic mass is 79.9. The molecule has 4 heteroatoms. The fourth-order valence-corrected chi connectivity index (χ4v) is 2.83. The Morgan fingerprint density at radius 1 is 0.800 bits per heavy atom. The third-order valence-electron chi connectivity index (χ3n) is 2.98. The van der Waals surface area contributed by atoms with Gasteiger partial charge in [-0.15, -0.1) is 0 Å². The molecular weight excluding hydrogens is 384 g/mol. The Labute approximate surface area is 134 Å². The minimum absolute atomic E-state index is 0.210. The maximum atomic E-state index is 12.6. The average Bonchev–Trinajstić information content (AvgIpc) is 2.54. The number of carbonyl (C=O) groups excluding carboxylic acids is 2. The highest BCUT2D eigenvalue weighted by Crippen LogP contribution is 2.30. The maximum Gasteiger partial charge on any atom is 0.188 e. The van der Waals surface area contributed by atoms with Gasteiger partial charge in [0.1, 0.15) is 0 Å². The van der Waals surface area contributed by atoms with Crippen molar-refractivity contribution in [2.24, 2.45) is 0 Å². The first-order chi connectivity index (χ1) is 9.59. The Kier molecular flexibility index (Phi) is 4.89. The van der Waals surface area contributed by atoms with Crippen LogP contribution < -0.4 is 0 Å².